The summed E-state index contributed by atoms with van der Waals surface area (Å²) in [6, 6.07) is 0.389. The van der Waals surface area contributed by atoms with Gasteiger partial charge >= 0.3 is 0 Å². The topological polar surface area (TPSA) is 60.2 Å². The maximum Gasteiger partial charge on any atom is 0.228 e. The normalized spacial score (nSPS) is 19.7. The maximum absolute atomic E-state index is 5.95. The Bertz CT molecular complexity index is 382. The third-order valence-electron chi connectivity index (χ3n) is 4.03. The number of rotatable bonds is 7. The largest absolute Gasteiger partial charge is 0.367 e. The highest BCUT2D eigenvalue weighted by molar-refractivity contribution is 5.05. The van der Waals surface area contributed by atoms with Crippen molar-refractivity contribution in [2.45, 2.75) is 64.0 Å². The van der Waals surface area contributed by atoms with Gasteiger partial charge in [-0.25, -0.2) is 0 Å². The van der Waals surface area contributed by atoms with Crippen LogP contribution in [0.5, 0.6) is 0 Å². The SMILES string of the molecule is CCOC1(c2noc(CC(CC)NC)n2)CCCC1. The van der Waals surface area contributed by atoms with Crippen LogP contribution in [0.4, 0.5) is 0 Å². The number of likely N-dealkylation sites (N-methyl/N-ethyl adjacent to an activating group) is 1. The quantitative estimate of drug-likeness (QED) is 0.822. The van der Waals surface area contributed by atoms with E-state index < -0.39 is 0 Å². The number of hydrogen-bond donors (Lipinski definition) is 1. The Labute approximate surface area is 115 Å². The molecule has 0 aliphatic heterocycles. The van der Waals surface area contributed by atoms with Gasteiger partial charge in [-0.15, -0.1) is 0 Å². The first-order valence-electron chi connectivity index (χ1n) is 7.38. The van der Waals surface area contributed by atoms with Gasteiger partial charge in [-0.1, -0.05) is 12.1 Å². The van der Waals surface area contributed by atoms with Crippen LogP contribution >= 0.6 is 0 Å². The van der Waals surface area contributed by atoms with E-state index in [1.165, 1.54) is 12.8 Å². The second kappa shape index (κ2) is 6.48. The van der Waals surface area contributed by atoms with E-state index in [2.05, 4.69) is 22.4 Å². The maximum atomic E-state index is 5.95. The van der Waals surface area contributed by atoms with E-state index >= 15 is 0 Å². The molecule has 1 N–H and O–H groups in total. The van der Waals surface area contributed by atoms with E-state index in [1.54, 1.807) is 0 Å². The van der Waals surface area contributed by atoms with Crippen LogP contribution < -0.4 is 5.32 Å². The molecule has 1 atom stereocenters. The van der Waals surface area contributed by atoms with Gasteiger partial charge in [-0.2, -0.15) is 4.98 Å². The van der Waals surface area contributed by atoms with Crippen molar-refractivity contribution in [3.63, 3.8) is 0 Å². The zero-order chi connectivity index (χ0) is 13.7. The van der Waals surface area contributed by atoms with Crippen LogP contribution in [0.3, 0.4) is 0 Å². The van der Waals surface area contributed by atoms with E-state index in [0.717, 1.165) is 31.5 Å². The van der Waals surface area contributed by atoms with Crippen LogP contribution in [0.25, 0.3) is 0 Å². The van der Waals surface area contributed by atoms with E-state index in [1.807, 2.05) is 14.0 Å². The molecule has 1 aromatic rings. The third-order valence-corrected chi connectivity index (χ3v) is 4.03. The summed E-state index contributed by atoms with van der Waals surface area (Å²) < 4.78 is 11.3. The lowest BCUT2D eigenvalue weighted by Gasteiger charge is -2.24. The molecule has 0 bridgehead atoms. The van der Waals surface area contributed by atoms with Gasteiger partial charge in [-0.05, 0) is 46.1 Å². The van der Waals surface area contributed by atoms with Crippen LogP contribution in [0.15, 0.2) is 4.52 Å². The molecule has 1 unspecified atom stereocenters. The van der Waals surface area contributed by atoms with Crippen molar-refractivity contribution < 1.29 is 9.26 Å². The average Bonchev–Trinajstić information content (AvgIpc) is 3.06. The summed E-state index contributed by atoms with van der Waals surface area (Å²) in [4.78, 5) is 4.58. The summed E-state index contributed by atoms with van der Waals surface area (Å²) in [7, 11) is 1.96. The van der Waals surface area contributed by atoms with E-state index in [-0.39, 0.29) is 5.60 Å². The Kier molecular flexibility index (Phi) is 4.93. The lowest BCUT2D eigenvalue weighted by molar-refractivity contribution is -0.0469. The van der Waals surface area contributed by atoms with Gasteiger partial charge in [0.05, 0.1) is 0 Å². The monoisotopic (exact) mass is 267 g/mol. The highest BCUT2D eigenvalue weighted by Gasteiger charge is 2.40. The van der Waals surface area contributed by atoms with Crippen LogP contribution in [-0.4, -0.2) is 29.8 Å². The van der Waals surface area contributed by atoms with Gasteiger partial charge < -0.3 is 14.6 Å². The number of nitrogens with zero attached hydrogens (tertiary/aromatic N) is 2. The molecule has 0 radical (unpaired) electrons. The zero-order valence-electron chi connectivity index (χ0n) is 12.2. The first kappa shape index (κ1) is 14.5. The molecule has 108 valence electrons. The number of ether oxygens (including phenoxy) is 1. The lowest BCUT2D eigenvalue weighted by Crippen LogP contribution is -2.28. The number of hydrogen-bond acceptors (Lipinski definition) is 5. The molecule has 1 heterocycles. The van der Waals surface area contributed by atoms with Crippen molar-refractivity contribution in [3.05, 3.63) is 11.7 Å². The predicted octanol–water partition coefficient (Wildman–Crippen LogP) is 2.42. The molecule has 1 aromatic heterocycles. The molecule has 1 fully saturated rings. The Hall–Kier alpha value is -0.940. The standard InChI is InChI=1S/C14H25N3O2/c1-4-11(15-3)10-12-16-13(17-19-12)14(18-5-2)8-6-7-9-14/h11,15H,4-10H2,1-3H3. The Morgan fingerprint density at radius 2 is 2.11 bits per heavy atom. The van der Waals surface area contributed by atoms with Gasteiger partial charge in [0.25, 0.3) is 0 Å². The summed E-state index contributed by atoms with van der Waals surface area (Å²) in [5, 5.41) is 7.43. The fourth-order valence-corrected chi connectivity index (χ4v) is 2.84. The summed E-state index contributed by atoms with van der Waals surface area (Å²) in [5.74, 6) is 1.45. The van der Waals surface area contributed by atoms with E-state index in [9.17, 15) is 0 Å². The number of nitrogens with one attached hydrogen (secondary N) is 1. The predicted molar refractivity (Wildman–Crippen MR) is 72.9 cm³/mol. The van der Waals surface area contributed by atoms with Crippen molar-refractivity contribution in [2.24, 2.45) is 0 Å². The third kappa shape index (κ3) is 3.15. The summed E-state index contributed by atoms with van der Waals surface area (Å²) in [6.45, 7) is 4.87. The van der Waals surface area contributed by atoms with Gasteiger partial charge in [0, 0.05) is 19.1 Å². The van der Waals surface area contributed by atoms with Crippen LogP contribution in [0, 0.1) is 0 Å². The molecule has 5 nitrogen and oxygen atoms in total. The minimum atomic E-state index is -0.294. The molecule has 1 aliphatic rings. The van der Waals surface area contributed by atoms with E-state index in [4.69, 9.17) is 9.26 Å². The van der Waals surface area contributed by atoms with Gasteiger partial charge in [0.15, 0.2) is 0 Å². The van der Waals surface area contributed by atoms with Crippen molar-refractivity contribution in [1.82, 2.24) is 15.5 Å². The first-order chi connectivity index (χ1) is 9.24. The second-order valence-corrected chi connectivity index (χ2v) is 5.24. The van der Waals surface area contributed by atoms with Gasteiger partial charge in [0.1, 0.15) is 5.60 Å². The fraction of sp³-hybridized carbons (Fsp3) is 0.857. The van der Waals surface area contributed by atoms with Crippen molar-refractivity contribution in [1.29, 1.82) is 0 Å². The molecule has 2 rings (SSSR count). The molecule has 1 saturated carbocycles. The van der Waals surface area contributed by atoms with E-state index in [0.29, 0.717) is 18.5 Å². The van der Waals surface area contributed by atoms with Gasteiger partial charge in [0.2, 0.25) is 11.7 Å². The summed E-state index contributed by atoms with van der Waals surface area (Å²) in [5.41, 5.74) is -0.294. The number of aromatic nitrogens is 2. The average molecular weight is 267 g/mol. The first-order valence-corrected chi connectivity index (χ1v) is 7.38. The summed E-state index contributed by atoms with van der Waals surface area (Å²) in [6.07, 6.45) is 6.19. The highest BCUT2D eigenvalue weighted by Crippen LogP contribution is 2.40. The van der Waals surface area contributed by atoms with Crippen LogP contribution in [0.2, 0.25) is 0 Å². The fourth-order valence-electron chi connectivity index (χ4n) is 2.84. The highest BCUT2D eigenvalue weighted by atomic mass is 16.5. The molecule has 19 heavy (non-hydrogen) atoms. The molecule has 1 aliphatic carbocycles. The molecule has 0 amide bonds. The molecular formula is C14H25N3O2. The van der Waals surface area contributed by atoms with Crippen molar-refractivity contribution >= 4 is 0 Å². The lowest BCUT2D eigenvalue weighted by atomic mass is 10.0. The summed E-state index contributed by atoms with van der Waals surface area (Å²) >= 11 is 0. The molecule has 5 heteroatoms. The molecule has 0 saturated heterocycles. The Morgan fingerprint density at radius 3 is 2.68 bits per heavy atom. The van der Waals surface area contributed by atoms with Crippen molar-refractivity contribution in [3.8, 4) is 0 Å². The van der Waals surface area contributed by atoms with Crippen LogP contribution in [0.1, 0.15) is 57.7 Å². The van der Waals surface area contributed by atoms with Gasteiger partial charge in [-0.3, -0.25) is 0 Å². The van der Waals surface area contributed by atoms with Crippen molar-refractivity contribution in [2.75, 3.05) is 13.7 Å². The second-order valence-electron chi connectivity index (χ2n) is 5.24. The molecule has 0 aromatic carbocycles. The van der Waals surface area contributed by atoms with Crippen LogP contribution in [-0.2, 0) is 16.8 Å². The Morgan fingerprint density at radius 1 is 1.37 bits per heavy atom. The molecular weight excluding hydrogens is 242 g/mol. The molecule has 0 spiro atoms. The smallest absolute Gasteiger partial charge is 0.228 e. The zero-order valence-corrected chi connectivity index (χ0v) is 12.2. The minimum absolute atomic E-state index is 0.294. The minimum Gasteiger partial charge on any atom is -0.367 e. The Balaban J connectivity index is 2.10.